The van der Waals surface area contributed by atoms with Crippen molar-refractivity contribution in [2.75, 3.05) is 6.61 Å². The Kier molecular flexibility index (Phi) is 11.0. The third-order valence-electron chi connectivity index (χ3n) is 6.68. The summed E-state index contributed by atoms with van der Waals surface area (Å²) in [5.74, 6) is -1.05. The predicted molar refractivity (Wildman–Crippen MR) is 137 cm³/mol. The summed E-state index contributed by atoms with van der Waals surface area (Å²) in [4.78, 5) is 38.5. The Morgan fingerprint density at radius 3 is 1.89 bits per heavy atom. The number of amides is 2. The fourth-order valence-electron chi connectivity index (χ4n) is 4.60. The topological polar surface area (TPSA) is 95.5 Å². The maximum Gasteiger partial charge on any atom is 0.252 e. The Labute approximate surface area is 208 Å². The molecule has 2 aromatic carbocycles. The molecule has 188 valence electrons. The number of hydrogen-bond acceptors (Lipinski definition) is 4. The van der Waals surface area contributed by atoms with Crippen LogP contribution in [0, 0.1) is 0 Å². The van der Waals surface area contributed by atoms with Crippen molar-refractivity contribution in [3.05, 3.63) is 71.3 Å². The number of ketones is 1. The van der Waals surface area contributed by atoms with E-state index in [4.69, 9.17) is 0 Å². The van der Waals surface area contributed by atoms with Gasteiger partial charge in [-0.1, -0.05) is 100 Å². The lowest BCUT2D eigenvalue weighted by atomic mass is 9.97. The summed E-state index contributed by atoms with van der Waals surface area (Å²) in [6.45, 7) is -0.493. The van der Waals surface area contributed by atoms with Crippen molar-refractivity contribution < 1.29 is 19.5 Å². The van der Waals surface area contributed by atoms with E-state index in [1.165, 1.54) is 51.0 Å². The van der Waals surface area contributed by atoms with E-state index in [2.05, 4.69) is 10.6 Å². The summed E-state index contributed by atoms with van der Waals surface area (Å²) in [6, 6.07) is 14.3. The van der Waals surface area contributed by atoms with E-state index in [9.17, 15) is 19.5 Å². The minimum Gasteiger partial charge on any atom is -0.394 e. The molecule has 0 saturated heterocycles. The number of aliphatic hydroxyl groups excluding tert-OH is 1. The Balaban J connectivity index is 1.59. The second-order valence-corrected chi connectivity index (χ2v) is 9.45. The number of hydrogen-bond donors (Lipinski definition) is 3. The van der Waals surface area contributed by atoms with Crippen molar-refractivity contribution in [2.24, 2.45) is 0 Å². The number of aliphatic hydroxyl groups is 1. The molecule has 1 fully saturated rings. The summed E-state index contributed by atoms with van der Waals surface area (Å²) in [6.07, 6.45) is 12.7. The molecule has 0 aromatic heterocycles. The SMILES string of the molecule is O=C(N[C@@H](CO)C(=O)NC1CCCCCCCCCCC1)c1cccc(C(=O)c2ccccc2)c1. The van der Waals surface area contributed by atoms with Gasteiger partial charge in [0.2, 0.25) is 5.91 Å². The van der Waals surface area contributed by atoms with Crippen LogP contribution in [0.1, 0.15) is 96.9 Å². The van der Waals surface area contributed by atoms with E-state index in [1.807, 2.05) is 6.07 Å². The zero-order chi connectivity index (χ0) is 24.9. The van der Waals surface area contributed by atoms with Gasteiger partial charge in [-0.3, -0.25) is 14.4 Å². The average molecular weight is 479 g/mol. The monoisotopic (exact) mass is 478 g/mol. The maximum atomic E-state index is 12.9. The lowest BCUT2D eigenvalue weighted by Gasteiger charge is -2.23. The van der Waals surface area contributed by atoms with Crippen molar-refractivity contribution in [1.29, 1.82) is 0 Å². The fourth-order valence-corrected chi connectivity index (χ4v) is 4.60. The molecule has 1 atom stereocenters. The quantitative estimate of drug-likeness (QED) is 0.498. The van der Waals surface area contributed by atoms with Gasteiger partial charge in [0.1, 0.15) is 6.04 Å². The summed E-state index contributed by atoms with van der Waals surface area (Å²) in [5, 5.41) is 15.5. The number of nitrogens with one attached hydrogen (secondary N) is 2. The van der Waals surface area contributed by atoms with Gasteiger partial charge >= 0.3 is 0 Å². The summed E-state index contributed by atoms with van der Waals surface area (Å²) >= 11 is 0. The molecule has 0 radical (unpaired) electrons. The smallest absolute Gasteiger partial charge is 0.252 e. The van der Waals surface area contributed by atoms with Crippen LogP contribution in [0.15, 0.2) is 54.6 Å². The highest BCUT2D eigenvalue weighted by atomic mass is 16.3. The molecule has 35 heavy (non-hydrogen) atoms. The molecule has 0 heterocycles. The predicted octanol–water partition coefficient (Wildman–Crippen LogP) is 4.80. The zero-order valence-electron chi connectivity index (χ0n) is 20.5. The Morgan fingerprint density at radius 2 is 1.29 bits per heavy atom. The fraction of sp³-hybridized carbons (Fsp3) is 0.483. The maximum absolute atomic E-state index is 12.9. The van der Waals surface area contributed by atoms with Crippen LogP contribution in [0.2, 0.25) is 0 Å². The second-order valence-electron chi connectivity index (χ2n) is 9.45. The first-order chi connectivity index (χ1) is 17.1. The van der Waals surface area contributed by atoms with Crippen molar-refractivity contribution in [3.63, 3.8) is 0 Å². The van der Waals surface area contributed by atoms with Crippen molar-refractivity contribution in [2.45, 2.75) is 82.7 Å². The van der Waals surface area contributed by atoms with Crippen molar-refractivity contribution in [3.8, 4) is 0 Å². The first-order valence-corrected chi connectivity index (χ1v) is 13.0. The molecule has 3 N–H and O–H groups in total. The van der Waals surface area contributed by atoms with E-state index in [0.717, 1.165) is 25.7 Å². The van der Waals surface area contributed by atoms with Crippen LogP contribution in [0.5, 0.6) is 0 Å². The third kappa shape index (κ3) is 8.62. The van der Waals surface area contributed by atoms with Gasteiger partial charge in [-0.15, -0.1) is 0 Å². The van der Waals surface area contributed by atoms with Gasteiger partial charge in [0, 0.05) is 22.7 Å². The highest BCUT2D eigenvalue weighted by molar-refractivity contribution is 6.10. The zero-order valence-corrected chi connectivity index (χ0v) is 20.5. The molecule has 1 saturated carbocycles. The molecule has 6 heteroatoms. The first kappa shape index (κ1) is 26.6. The lowest BCUT2D eigenvalue weighted by Crippen LogP contribution is -2.51. The van der Waals surface area contributed by atoms with Gasteiger partial charge in [0.05, 0.1) is 6.61 Å². The molecular formula is C29H38N2O4. The normalized spacial score (nSPS) is 16.8. The largest absolute Gasteiger partial charge is 0.394 e. The molecule has 1 aliphatic carbocycles. The minimum absolute atomic E-state index is 0.0553. The van der Waals surface area contributed by atoms with E-state index >= 15 is 0 Å². The number of carbonyl (C=O) groups excluding carboxylic acids is 3. The van der Waals surface area contributed by atoms with Crippen LogP contribution in [-0.4, -0.2) is 41.4 Å². The standard InChI is InChI=1S/C29H38N2O4/c32-21-26(29(35)30-25-18-11-6-4-2-1-3-5-7-12-19-25)31-28(34)24-17-13-16-23(20-24)27(33)22-14-9-8-10-15-22/h8-10,13-17,20,25-26,32H,1-7,11-12,18-19,21H2,(H,30,35)(H,31,34)/t26-/m0/s1. The van der Waals surface area contributed by atoms with Crippen LogP contribution in [0.4, 0.5) is 0 Å². The number of carbonyl (C=O) groups is 3. The second kappa shape index (κ2) is 14.4. The highest BCUT2D eigenvalue weighted by Crippen LogP contribution is 2.17. The molecule has 2 amide bonds. The van der Waals surface area contributed by atoms with E-state index in [0.29, 0.717) is 11.1 Å². The van der Waals surface area contributed by atoms with Crippen LogP contribution in [0.3, 0.4) is 0 Å². The average Bonchev–Trinajstić information content (AvgIpc) is 2.88. The molecule has 0 aliphatic heterocycles. The van der Waals surface area contributed by atoms with Gasteiger partial charge in [-0.2, -0.15) is 0 Å². The minimum atomic E-state index is -1.04. The summed E-state index contributed by atoms with van der Waals surface area (Å²) < 4.78 is 0. The molecule has 0 bridgehead atoms. The molecule has 3 rings (SSSR count). The van der Waals surface area contributed by atoms with Crippen molar-refractivity contribution in [1.82, 2.24) is 10.6 Å². The third-order valence-corrected chi connectivity index (χ3v) is 6.68. The Hall–Kier alpha value is -2.99. The van der Waals surface area contributed by atoms with E-state index in [-0.39, 0.29) is 23.3 Å². The van der Waals surface area contributed by atoms with Gasteiger partial charge in [-0.05, 0) is 25.0 Å². The highest BCUT2D eigenvalue weighted by Gasteiger charge is 2.23. The van der Waals surface area contributed by atoms with Crippen LogP contribution in [0.25, 0.3) is 0 Å². The summed E-state index contributed by atoms with van der Waals surface area (Å²) in [7, 11) is 0. The Bertz CT molecular complexity index is 948. The first-order valence-electron chi connectivity index (χ1n) is 13.0. The molecule has 6 nitrogen and oxygen atoms in total. The molecule has 0 unspecified atom stereocenters. The van der Waals surface area contributed by atoms with E-state index < -0.39 is 18.6 Å². The molecule has 2 aromatic rings. The number of rotatable bonds is 7. The van der Waals surface area contributed by atoms with Crippen LogP contribution < -0.4 is 10.6 Å². The van der Waals surface area contributed by atoms with Crippen LogP contribution >= 0.6 is 0 Å². The van der Waals surface area contributed by atoms with Crippen molar-refractivity contribution >= 4 is 17.6 Å². The molecular weight excluding hydrogens is 440 g/mol. The van der Waals surface area contributed by atoms with E-state index in [1.54, 1.807) is 42.5 Å². The van der Waals surface area contributed by atoms with Gasteiger partial charge < -0.3 is 15.7 Å². The van der Waals surface area contributed by atoms with Gasteiger partial charge in [0.25, 0.3) is 5.91 Å². The van der Waals surface area contributed by atoms with Crippen LogP contribution in [-0.2, 0) is 4.79 Å². The summed E-state index contributed by atoms with van der Waals surface area (Å²) in [5.41, 5.74) is 1.20. The lowest BCUT2D eigenvalue weighted by molar-refractivity contribution is -0.124. The number of benzene rings is 2. The molecule has 0 spiro atoms. The van der Waals surface area contributed by atoms with Gasteiger partial charge in [0.15, 0.2) is 5.78 Å². The molecule has 1 aliphatic rings. The van der Waals surface area contributed by atoms with Gasteiger partial charge in [-0.25, -0.2) is 0 Å². The Morgan fingerprint density at radius 1 is 0.743 bits per heavy atom.